The van der Waals surface area contributed by atoms with Gasteiger partial charge >= 0.3 is 0 Å². The second-order valence-corrected chi connectivity index (χ2v) is 7.57. The van der Waals surface area contributed by atoms with Gasteiger partial charge in [-0.25, -0.2) is 0 Å². The van der Waals surface area contributed by atoms with Crippen molar-refractivity contribution < 1.29 is 0 Å². The van der Waals surface area contributed by atoms with Gasteiger partial charge in [0.2, 0.25) is 0 Å². The predicted octanol–water partition coefficient (Wildman–Crippen LogP) is 4.06. The number of nitrogens with zero attached hydrogens (tertiary/aromatic N) is 1. The van der Waals surface area contributed by atoms with Gasteiger partial charge in [0.25, 0.3) is 0 Å². The van der Waals surface area contributed by atoms with Crippen molar-refractivity contribution in [2.75, 3.05) is 26.7 Å². The molecule has 2 nitrogen and oxygen atoms in total. The molecule has 0 atom stereocenters. The molecule has 0 aliphatic heterocycles. The molecule has 0 unspecified atom stereocenters. The maximum Gasteiger partial charge on any atom is 0.00953 e. The molecule has 0 radical (unpaired) electrons. The topological polar surface area (TPSA) is 15.3 Å². The van der Waals surface area contributed by atoms with Gasteiger partial charge in [-0.3, -0.25) is 0 Å². The molecule has 1 N–H and O–H groups in total. The highest BCUT2D eigenvalue weighted by molar-refractivity contribution is 4.90. The first-order valence-electron chi connectivity index (χ1n) is 9.08. The van der Waals surface area contributed by atoms with Gasteiger partial charge in [-0.05, 0) is 50.6 Å². The van der Waals surface area contributed by atoms with Crippen LogP contribution in [-0.2, 0) is 0 Å². The molecule has 2 rings (SSSR count). The molecular weight excluding hydrogens is 244 g/mol. The summed E-state index contributed by atoms with van der Waals surface area (Å²) in [6.45, 7) is 8.59. The van der Waals surface area contributed by atoms with E-state index in [9.17, 15) is 0 Å². The van der Waals surface area contributed by atoms with Crippen molar-refractivity contribution in [3.63, 3.8) is 0 Å². The summed E-state index contributed by atoms with van der Waals surface area (Å²) >= 11 is 0. The fraction of sp³-hybridized carbons (Fsp3) is 1.00. The first kappa shape index (κ1) is 16.3. The Hall–Kier alpha value is -0.0800. The molecule has 2 fully saturated rings. The van der Waals surface area contributed by atoms with Gasteiger partial charge in [-0.1, -0.05) is 46.0 Å². The van der Waals surface area contributed by atoms with Crippen LogP contribution in [0.15, 0.2) is 0 Å². The Balaban J connectivity index is 1.97. The minimum Gasteiger partial charge on any atom is -0.319 e. The van der Waals surface area contributed by atoms with Gasteiger partial charge in [-0.2, -0.15) is 0 Å². The number of nitrogens with one attached hydrogen (secondary N) is 1. The van der Waals surface area contributed by atoms with E-state index in [-0.39, 0.29) is 0 Å². The van der Waals surface area contributed by atoms with Gasteiger partial charge in [0.15, 0.2) is 0 Å². The van der Waals surface area contributed by atoms with E-state index in [1.165, 1.54) is 77.4 Å². The maximum atomic E-state index is 3.50. The van der Waals surface area contributed by atoms with Crippen molar-refractivity contribution in [2.24, 2.45) is 11.3 Å². The Bertz CT molecular complexity index is 263. The van der Waals surface area contributed by atoms with Gasteiger partial charge in [0.1, 0.15) is 0 Å². The summed E-state index contributed by atoms with van der Waals surface area (Å²) in [5.74, 6) is 0.949. The monoisotopic (exact) mass is 280 g/mol. The van der Waals surface area contributed by atoms with Crippen molar-refractivity contribution in [3.05, 3.63) is 0 Å². The van der Waals surface area contributed by atoms with Gasteiger partial charge in [-0.15, -0.1) is 0 Å². The normalized spacial score (nSPS) is 32.7. The van der Waals surface area contributed by atoms with E-state index in [1.54, 1.807) is 0 Å². The lowest BCUT2D eigenvalue weighted by Gasteiger charge is -2.45. The van der Waals surface area contributed by atoms with Crippen molar-refractivity contribution in [1.29, 1.82) is 0 Å². The molecule has 2 aliphatic carbocycles. The molecule has 0 saturated heterocycles. The van der Waals surface area contributed by atoms with Gasteiger partial charge < -0.3 is 10.2 Å². The van der Waals surface area contributed by atoms with E-state index in [0.29, 0.717) is 5.41 Å². The molecular formula is C18H36N2. The zero-order valence-corrected chi connectivity index (χ0v) is 14.1. The smallest absolute Gasteiger partial charge is 0.00953 e. The van der Waals surface area contributed by atoms with E-state index in [0.717, 1.165) is 12.0 Å². The van der Waals surface area contributed by atoms with Crippen LogP contribution in [0.1, 0.15) is 71.6 Å². The van der Waals surface area contributed by atoms with Crippen LogP contribution in [0.4, 0.5) is 0 Å². The van der Waals surface area contributed by atoms with Crippen LogP contribution in [0.3, 0.4) is 0 Å². The van der Waals surface area contributed by atoms with Crippen LogP contribution in [0.5, 0.6) is 0 Å². The lowest BCUT2D eigenvalue weighted by atomic mass is 9.70. The van der Waals surface area contributed by atoms with Crippen molar-refractivity contribution in [2.45, 2.75) is 77.7 Å². The van der Waals surface area contributed by atoms with Gasteiger partial charge in [0.05, 0.1) is 0 Å². The van der Waals surface area contributed by atoms with Crippen LogP contribution >= 0.6 is 0 Å². The standard InChI is InChI=1S/C18H36N2/c1-4-20(17-8-6-5-7-9-17)15-18(14-19-3)12-10-16(2)11-13-18/h16-17,19H,4-15H2,1-3H3. The summed E-state index contributed by atoms with van der Waals surface area (Å²) in [5.41, 5.74) is 0.550. The SMILES string of the molecule is CCN(CC1(CNC)CCC(C)CC1)C1CCCCC1. The second kappa shape index (κ2) is 7.79. The second-order valence-electron chi connectivity index (χ2n) is 7.57. The summed E-state index contributed by atoms with van der Waals surface area (Å²) < 4.78 is 0. The lowest BCUT2D eigenvalue weighted by Crippen LogP contribution is -2.49. The predicted molar refractivity (Wildman–Crippen MR) is 88.1 cm³/mol. The first-order valence-corrected chi connectivity index (χ1v) is 9.08. The van der Waals surface area contributed by atoms with Crippen LogP contribution in [0.2, 0.25) is 0 Å². The molecule has 0 aromatic carbocycles. The Kier molecular flexibility index (Phi) is 6.35. The highest BCUT2D eigenvalue weighted by Gasteiger charge is 2.36. The van der Waals surface area contributed by atoms with E-state index in [4.69, 9.17) is 0 Å². The van der Waals surface area contributed by atoms with Crippen LogP contribution in [-0.4, -0.2) is 37.6 Å². The minimum atomic E-state index is 0.550. The molecule has 0 bridgehead atoms. The van der Waals surface area contributed by atoms with Crippen LogP contribution < -0.4 is 5.32 Å². The van der Waals surface area contributed by atoms with E-state index in [2.05, 4.69) is 31.1 Å². The summed E-state index contributed by atoms with van der Waals surface area (Å²) in [5, 5.41) is 3.50. The van der Waals surface area contributed by atoms with Crippen LogP contribution in [0, 0.1) is 11.3 Å². The van der Waals surface area contributed by atoms with Gasteiger partial charge in [0, 0.05) is 19.1 Å². The van der Waals surface area contributed by atoms with E-state index < -0.39 is 0 Å². The van der Waals surface area contributed by atoms with Crippen molar-refractivity contribution in [1.82, 2.24) is 10.2 Å². The fourth-order valence-electron chi connectivity index (χ4n) is 4.52. The third-order valence-electron chi connectivity index (χ3n) is 5.92. The first-order chi connectivity index (χ1) is 9.69. The number of rotatable bonds is 6. The molecule has 0 heterocycles. The Morgan fingerprint density at radius 1 is 1.05 bits per heavy atom. The molecule has 0 aromatic rings. The van der Waals surface area contributed by atoms with Crippen molar-refractivity contribution >= 4 is 0 Å². The van der Waals surface area contributed by atoms with Crippen LogP contribution in [0.25, 0.3) is 0 Å². The zero-order valence-electron chi connectivity index (χ0n) is 14.1. The summed E-state index contributed by atoms with van der Waals surface area (Å²) in [7, 11) is 2.14. The number of hydrogen-bond acceptors (Lipinski definition) is 2. The molecule has 20 heavy (non-hydrogen) atoms. The van der Waals surface area contributed by atoms with Crippen molar-refractivity contribution in [3.8, 4) is 0 Å². The summed E-state index contributed by atoms with van der Waals surface area (Å²) in [6, 6.07) is 0.877. The lowest BCUT2D eigenvalue weighted by molar-refractivity contribution is 0.0558. The highest BCUT2D eigenvalue weighted by atomic mass is 15.2. The molecule has 0 amide bonds. The molecule has 2 heteroatoms. The zero-order chi connectivity index (χ0) is 14.4. The Morgan fingerprint density at radius 3 is 2.25 bits per heavy atom. The minimum absolute atomic E-state index is 0.550. The average Bonchev–Trinajstić information content (AvgIpc) is 2.49. The molecule has 118 valence electrons. The fourth-order valence-corrected chi connectivity index (χ4v) is 4.52. The third kappa shape index (κ3) is 4.21. The summed E-state index contributed by atoms with van der Waals surface area (Å²) in [4.78, 5) is 2.83. The quantitative estimate of drug-likeness (QED) is 0.789. The highest BCUT2D eigenvalue weighted by Crippen LogP contribution is 2.40. The average molecular weight is 280 g/mol. The molecule has 0 spiro atoms. The maximum absolute atomic E-state index is 3.50. The number of hydrogen-bond donors (Lipinski definition) is 1. The Morgan fingerprint density at radius 2 is 1.70 bits per heavy atom. The summed E-state index contributed by atoms with van der Waals surface area (Å²) in [6.07, 6.45) is 13.0. The molecule has 0 aromatic heterocycles. The largest absolute Gasteiger partial charge is 0.319 e. The molecule has 2 aliphatic rings. The van der Waals surface area contributed by atoms with E-state index in [1.807, 2.05) is 0 Å². The third-order valence-corrected chi connectivity index (χ3v) is 5.92. The Labute approximate surface area is 126 Å². The molecule has 2 saturated carbocycles. The van der Waals surface area contributed by atoms with E-state index >= 15 is 0 Å².